The molecule has 5 heteroatoms. The van der Waals surface area contributed by atoms with Crippen LogP contribution in [-0.2, 0) is 0 Å². The van der Waals surface area contributed by atoms with Crippen molar-refractivity contribution in [3.05, 3.63) is 34.6 Å². The maximum absolute atomic E-state index is 6.00. The molecule has 0 aliphatic heterocycles. The fraction of sp³-hybridized carbons (Fsp3) is 0. The number of aromatic amines is 1. The van der Waals surface area contributed by atoms with E-state index in [-0.39, 0.29) is 0 Å². The summed E-state index contributed by atoms with van der Waals surface area (Å²) in [6.07, 6.45) is 0. The second kappa shape index (κ2) is 3.08. The van der Waals surface area contributed by atoms with Gasteiger partial charge >= 0.3 is 0 Å². The molecule has 0 amide bonds. The monoisotopic (exact) mass is 237 g/mol. The van der Waals surface area contributed by atoms with Crippen LogP contribution in [0.2, 0.25) is 10.3 Å². The smallest absolute Gasteiger partial charge is 0.175 e. The molecule has 74 valence electrons. The van der Waals surface area contributed by atoms with Crippen LogP contribution in [-0.4, -0.2) is 15.2 Å². The van der Waals surface area contributed by atoms with E-state index < -0.39 is 0 Å². The number of nitrogens with zero attached hydrogens (tertiary/aromatic N) is 2. The molecule has 15 heavy (non-hydrogen) atoms. The van der Waals surface area contributed by atoms with Crippen molar-refractivity contribution in [1.29, 1.82) is 0 Å². The molecule has 0 aliphatic rings. The van der Waals surface area contributed by atoms with Crippen LogP contribution in [0.15, 0.2) is 24.3 Å². The highest BCUT2D eigenvalue weighted by Crippen LogP contribution is 2.32. The Balaban J connectivity index is 2.66. The van der Waals surface area contributed by atoms with Gasteiger partial charge in [0.2, 0.25) is 0 Å². The van der Waals surface area contributed by atoms with Crippen molar-refractivity contribution >= 4 is 45.0 Å². The Morgan fingerprint density at radius 1 is 1.00 bits per heavy atom. The normalized spacial score (nSPS) is 11.3. The van der Waals surface area contributed by atoms with Crippen LogP contribution in [0.25, 0.3) is 21.8 Å². The summed E-state index contributed by atoms with van der Waals surface area (Å²) in [4.78, 5) is 3.17. The molecular weight excluding hydrogens is 233 g/mol. The third-order valence-corrected chi connectivity index (χ3v) is 2.87. The van der Waals surface area contributed by atoms with Crippen molar-refractivity contribution in [3.8, 4) is 0 Å². The lowest BCUT2D eigenvalue weighted by molar-refractivity contribution is 1.05. The summed E-state index contributed by atoms with van der Waals surface area (Å²) in [6.45, 7) is 0. The Hall–Kier alpha value is -1.32. The summed E-state index contributed by atoms with van der Waals surface area (Å²) < 4.78 is 0. The quantitative estimate of drug-likeness (QED) is 0.651. The Kier molecular flexibility index (Phi) is 1.84. The summed E-state index contributed by atoms with van der Waals surface area (Å²) in [5.74, 6) is 0. The van der Waals surface area contributed by atoms with Crippen LogP contribution in [0.5, 0.6) is 0 Å². The van der Waals surface area contributed by atoms with Gasteiger partial charge < -0.3 is 4.98 Å². The van der Waals surface area contributed by atoms with E-state index in [1.54, 1.807) is 0 Å². The molecule has 0 saturated carbocycles. The SMILES string of the molecule is Clc1nnc(Cl)c2c1[nH]c1ccccc12. The number of halogens is 2. The molecular formula is C10H5Cl2N3. The highest BCUT2D eigenvalue weighted by molar-refractivity contribution is 6.40. The van der Waals surface area contributed by atoms with Gasteiger partial charge in [0.15, 0.2) is 10.3 Å². The second-order valence-corrected chi connectivity index (χ2v) is 3.92. The first-order valence-electron chi connectivity index (χ1n) is 4.35. The van der Waals surface area contributed by atoms with Crippen molar-refractivity contribution in [2.75, 3.05) is 0 Å². The standard InChI is InChI=1S/C10H5Cl2N3/c11-9-7-5-3-1-2-4-6(5)13-8(7)10(12)15-14-9/h1-4,13H. The summed E-state index contributed by atoms with van der Waals surface area (Å²) in [5, 5.41) is 10.1. The van der Waals surface area contributed by atoms with E-state index in [1.165, 1.54) is 0 Å². The lowest BCUT2D eigenvalue weighted by atomic mass is 10.2. The van der Waals surface area contributed by atoms with Crippen molar-refractivity contribution < 1.29 is 0 Å². The number of para-hydroxylation sites is 1. The topological polar surface area (TPSA) is 41.6 Å². The minimum absolute atomic E-state index is 0.339. The minimum Gasteiger partial charge on any atom is -0.352 e. The number of rotatable bonds is 0. The van der Waals surface area contributed by atoms with Crippen LogP contribution >= 0.6 is 23.2 Å². The Morgan fingerprint density at radius 2 is 1.73 bits per heavy atom. The number of benzene rings is 1. The first-order valence-corrected chi connectivity index (χ1v) is 5.11. The van der Waals surface area contributed by atoms with Gasteiger partial charge in [-0.2, -0.15) is 0 Å². The first-order chi connectivity index (χ1) is 7.27. The summed E-state index contributed by atoms with van der Waals surface area (Å²) in [5.41, 5.74) is 1.71. The fourth-order valence-corrected chi connectivity index (χ4v) is 2.11. The van der Waals surface area contributed by atoms with Crippen LogP contribution < -0.4 is 0 Å². The molecule has 0 radical (unpaired) electrons. The zero-order valence-corrected chi connectivity index (χ0v) is 8.97. The van der Waals surface area contributed by atoms with Gasteiger partial charge in [-0.1, -0.05) is 41.4 Å². The summed E-state index contributed by atoms with van der Waals surface area (Å²) >= 11 is 11.9. The van der Waals surface area contributed by atoms with Crippen molar-refractivity contribution in [2.45, 2.75) is 0 Å². The molecule has 0 aliphatic carbocycles. The van der Waals surface area contributed by atoms with E-state index in [9.17, 15) is 0 Å². The van der Waals surface area contributed by atoms with E-state index >= 15 is 0 Å². The Morgan fingerprint density at radius 3 is 2.60 bits per heavy atom. The molecule has 0 bridgehead atoms. The van der Waals surface area contributed by atoms with Gasteiger partial charge in [-0.25, -0.2) is 0 Å². The average Bonchev–Trinajstić information content (AvgIpc) is 2.64. The van der Waals surface area contributed by atoms with Gasteiger partial charge in [-0.3, -0.25) is 0 Å². The zero-order chi connectivity index (χ0) is 10.4. The molecule has 3 aromatic rings. The molecule has 2 aromatic heterocycles. The summed E-state index contributed by atoms with van der Waals surface area (Å²) in [6, 6.07) is 7.82. The number of aromatic nitrogens is 3. The van der Waals surface area contributed by atoms with Crippen LogP contribution in [0.3, 0.4) is 0 Å². The third-order valence-electron chi connectivity index (χ3n) is 2.34. The number of hydrogen-bond donors (Lipinski definition) is 1. The fourth-order valence-electron chi connectivity index (χ4n) is 1.70. The van der Waals surface area contributed by atoms with Crippen molar-refractivity contribution in [1.82, 2.24) is 15.2 Å². The molecule has 0 saturated heterocycles. The highest BCUT2D eigenvalue weighted by atomic mass is 35.5. The number of hydrogen-bond acceptors (Lipinski definition) is 2. The van der Waals surface area contributed by atoms with E-state index in [4.69, 9.17) is 23.2 Å². The molecule has 0 spiro atoms. The predicted molar refractivity (Wildman–Crippen MR) is 61.4 cm³/mol. The second-order valence-electron chi connectivity index (χ2n) is 3.20. The van der Waals surface area contributed by atoms with E-state index in [0.29, 0.717) is 10.3 Å². The van der Waals surface area contributed by atoms with Crippen LogP contribution in [0.1, 0.15) is 0 Å². The highest BCUT2D eigenvalue weighted by Gasteiger charge is 2.11. The van der Waals surface area contributed by atoms with Gasteiger partial charge in [0.25, 0.3) is 0 Å². The number of fused-ring (bicyclic) bond motifs is 3. The minimum atomic E-state index is 0.339. The van der Waals surface area contributed by atoms with E-state index in [0.717, 1.165) is 21.8 Å². The van der Waals surface area contributed by atoms with Crippen LogP contribution in [0, 0.1) is 0 Å². The largest absolute Gasteiger partial charge is 0.352 e. The van der Waals surface area contributed by atoms with Gasteiger partial charge in [0.1, 0.15) is 0 Å². The van der Waals surface area contributed by atoms with E-state index in [1.807, 2.05) is 24.3 Å². The molecule has 0 atom stereocenters. The van der Waals surface area contributed by atoms with Gasteiger partial charge in [-0.15, -0.1) is 10.2 Å². The molecule has 3 nitrogen and oxygen atoms in total. The van der Waals surface area contributed by atoms with Crippen LogP contribution in [0.4, 0.5) is 0 Å². The zero-order valence-electron chi connectivity index (χ0n) is 7.46. The molecule has 3 rings (SSSR count). The Bertz CT molecular complexity index is 660. The van der Waals surface area contributed by atoms with Gasteiger partial charge in [0, 0.05) is 16.3 Å². The summed E-state index contributed by atoms with van der Waals surface area (Å²) in [7, 11) is 0. The maximum Gasteiger partial charge on any atom is 0.175 e. The lowest BCUT2D eigenvalue weighted by Gasteiger charge is -1.94. The van der Waals surface area contributed by atoms with Crippen molar-refractivity contribution in [2.24, 2.45) is 0 Å². The van der Waals surface area contributed by atoms with Crippen molar-refractivity contribution in [3.63, 3.8) is 0 Å². The number of nitrogens with one attached hydrogen (secondary N) is 1. The molecule has 1 N–H and O–H groups in total. The maximum atomic E-state index is 6.00. The molecule has 1 aromatic carbocycles. The third kappa shape index (κ3) is 1.20. The number of H-pyrrole nitrogens is 1. The lowest BCUT2D eigenvalue weighted by Crippen LogP contribution is -1.84. The average molecular weight is 238 g/mol. The van der Waals surface area contributed by atoms with Gasteiger partial charge in [0.05, 0.1) is 5.52 Å². The first kappa shape index (κ1) is 8.95. The van der Waals surface area contributed by atoms with Gasteiger partial charge in [-0.05, 0) is 6.07 Å². The molecule has 0 fully saturated rings. The Labute approximate surface area is 95.0 Å². The molecule has 0 unspecified atom stereocenters. The predicted octanol–water partition coefficient (Wildman–Crippen LogP) is 3.42. The molecule has 2 heterocycles. The van der Waals surface area contributed by atoms with E-state index in [2.05, 4.69) is 15.2 Å².